The fourth-order valence-corrected chi connectivity index (χ4v) is 5.16. The number of rotatable bonds is 6. The number of fused-ring (bicyclic) bond motifs is 1. The summed E-state index contributed by atoms with van der Waals surface area (Å²) >= 11 is 3.47. The number of nitrogens with one attached hydrogen (secondary N) is 2. The summed E-state index contributed by atoms with van der Waals surface area (Å²) < 4.78 is 36.5. The van der Waals surface area contributed by atoms with Gasteiger partial charge in [-0.05, 0) is 49.2 Å². The van der Waals surface area contributed by atoms with Gasteiger partial charge >= 0.3 is 0 Å². The predicted octanol–water partition coefficient (Wildman–Crippen LogP) is 4.65. The number of anilines is 2. The zero-order chi connectivity index (χ0) is 26.1. The van der Waals surface area contributed by atoms with Gasteiger partial charge in [0.25, 0.3) is 6.43 Å². The van der Waals surface area contributed by atoms with Crippen molar-refractivity contribution in [1.82, 2.24) is 29.8 Å². The van der Waals surface area contributed by atoms with Gasteiger partial charge in [0.2, 0.25) is 11.9 Å². The normalized spacial score (nSPS) is 18.8. The highest BCUT2D eigenvalue weighted by molar-refractivity contribution is 9.10. The van der Waals surface area contributed by atoms with Crippen LogP contribution in [0.4, 0.5) is 20.4 Å². The maximum Gasteiger partial charge on any atom is 0.296 e. The Morgan fingerprint density at radius 3 is 2.47 bits per heavy atom. The first kappa shape index (κ1) is 25.1. The van der Waals surface area contributed by atoms with Crippen LogP contribution in [0, 0.1) is 0 Å². The monoisotopic (exact) mass is 584 g/mol. The fourth-order valence-electron chi connectivity index (χ4n) is 4.89. The fraction of sp³-hybridized carbons (Fsp3) is 0.385. The summed E-state index contributed by atoms with van der Waals surface area (Å²) in [5.41, 5.74) is 2.05. The van der Waals surface area contributed by atoms with Crippen LogP contribution in [0.3, 0.4) is 0 Å². The molecule has 2 aliphatic rings. The third-order valence-electron chi connectivity index (χ3n) is 6.82. The summed E-state index contributed by atoms with van der Waals surface area (Å²) in [6.07, 6.45) is -1.43. The second-order valence-corrected chi connectivity index (χ2v) is 10.3. The van der Waals surface area contributed by atoms with Gasteiger partial charge in [-0.1, -0.05) is 28.1 Å². The number of morpholine rings is 1. The van der Waals surface area contributed by atoms with Gasteiger partial charge in [-0.2, -0.15) is 15.0 Å². The standard InChI is InChI=1S/C26H27BrF2N8O/c27-16-5-7-17(8-6-16)31-18-9-12-36(13-10-18)25-33-23(21-15-30-11-14-38-21)34-26(35-25)37-20-4-2-1-3-19(20)32-24(37)22(28)29/h1-8,18,21-22,30-31H,9-15H2. The number of nitrogens with zero attached hydrogens (tertiary/aromatic N) is 6. The first-order chi connectivity index (χ1) is 18.5. The molecule has 0 radical (unpaired) electrons. The molecular formula is C26H27BrF2N8O. The van der Waals surface area contributed by atoms with Gasteiger partial charge in [0.1, 0.15) is 6.10 Å². The first-order valence-corrected chi connectivity index (χ1v) is 13.5. The second kappa shape index (κ2) is 10.9. The molecule has 2 fully saturated rings. The highest BCUT2D eigenvalue weighted by Crippen LogP contribution is 2.29. The van der Waals surface area contributed by atoms with Crippen molar-refractivity contribution in [2.24, 2.45) is 0 Å². The van der Waals surface area contributed by atoms with Crippen molar-refractivity contribution in [3.05, 3.63) is 64.7 Å². The zero-order valence-corrected chi connectivity index (χ0v) is 22.1. The molecule has 2 saturated heterocycles. The van der Waals surface area contributed by atoms with Crippen LogP contribution >= 0.6 is 15.9 Å². The van der Waals surface area contributed by atoms with E-state index in [2.05, 4.69) is 53.6 Å². The molecule has 0 amide bonds. The summed E-state index contributed by atoms with van der Waals surface area (Å²) in [4.78, 5) is 20.3. The Hall–Kier alpha value is -3.22. The van der Waals surface area contributed by atoms with Gasteiger partial charge in [-0.15, -0.1) is 0 Å². The smallest absolute Gasteiger partial charge is 0.296 e. The molecule has 198 valence electrons. The van der Waals surface area contributed by atoms with Crippen LogP contribution in [-0.4, -0.2) is 63.3 Å². The summed E-state index contributed by atoms with van der Waals surface area (Å²) in [5, 5.41) is 6.88. The quantitative estimate of drug-likeness (QED) is 0.338. The average molecular weight is 585 g/mol. The van der Waals surface area contributed by atoms with Crippen LogP contribution in [-0.2, 0) is 4.74 Å². The Bertz CT molecular complexity index is 1400. The van der Waals surface area contributed by atoms with Crippen molar-refractivity contribution >= 4 is 38.6 Å². The highest BCUT2D eigenvalue weighted by atomic mass is 79.9. The summed E-state index contributed by atoms with van der Waals surface area (Å²) in [6, 6.07) is 15.4. The molecule has 0 bridgehead atoms. The third kappa shape index (κ3) is 5.20. The molecule has 2 N–H and O–H groups in total. The second-order valence-electron chi connectivity index (χ2n) is 9.36. The molecule has 0 spiro atoms. The molecule has 12 heteroatoms. The number of ether oxygens (including phenoxy) is 1. The number of aromatic nitrogens is 5. The topological polar surface area (TPSA) is 93.0 Å². The van der Waals surface area contributed by atoms with E-state index >= 15 is 0 Å². The first-order valence-electron chi connectivity index (χ1n) is 12.7. The Kier molecular flexibility index (Phi) is 7.18. The van der Waals surface area contributed by atoms with E-state index < -0.39 is 18.4 Å². The van der Waals surface area contributed by atoms with Gasteiger partial charge in [0.15, 0.2) is 11.6 Å². The van der Waals surface area contributed by atoms with Crippen LogP contribution in [0.1, 0.15) is 37.0 Å². The summed E-state index contributed by atoms with van der Waals surface area (Å²) in [6.45, 7) is 3.22. The van der Waals surface area contributed by atoms with Gasteiger partial charge in [0.05, 0.1) is 17.6 Å². The minimum absolute atomic E-state index is 0.123. The Morgan fingerprint density at radius 2 is 1.74 bits per heavy atom. The molecule has 38 heavy (non-hydrogen) atoms. The Morgan fingerprint density at radius 1 is 0.974 bits per heavy atom. The van der Waals surface area contributed by atoms with Crippen molar-refractivity contribution in [1.29, 1.82) is 0 Å². The SMILES string of the molecule is FC(F)c1nc2ccccc2n1-c1nc(C2CNCCO2)nc(N2CCC(Nc3ccc(Br)cc3)CC2)n1. The summed E-state index contributed by atoms with van der Waals surface area (Å²) in [7, 11) is 0. The number of hydrogen-bond acceptors (Lipinski definition) is 8. The van der Waals surface area contributed by atoms with E-state index in [1.165, 1.54) is 4.57 Å². The lowest BCUT2D eigenvalue weighted by molar-refractivity contribution is 0.0220. The third-order valence-corrected chi connectivity index (χ3v) is 7.35. The van der Waals surface area contributed by atoms with E-state index in [1.54, 1.807) is 24.3 Å². The lowest BCUT2D eigenvalue weighted by atomic mass is 10.0. The number of hydrogen-bond donors (Lipinski definition) is 2. The van der Waals surface area contributed by atoms with Crippen molar-refractivity contribution in [3.8, 4) is 5.95 Å². The van der Waals surface area contributed by atoms with Gasteiger partial charge in [-0.25, -0.2) is 13.8 Å². The van der Waals surface area contributed by atoms with Crippen LogP contribution in [0.2, 0.25) is 0 Å². The molecule has 6 rings (SSSR count). The molecular weight excluding hydrogens is 558 g/mol. The van der Waals surface area contributed by atoms with Gasteiger partial charge < -0.3 is 20.3 Å². The van der Waals surface area contributed by atoms with Crippen LogP contribution in [0.15, 0.2) is 53.0 Å². The maximum atomic E-state index is 14.1. The number of alkyl halides is 2. The number of piperidine rings is 1. The molecule has 2 aliphatic heterocycles. The molecule has 1 atom stereocenters. The number of benzene rings is 2. The van der Waals surface area contributed by atoms with Gasteiger partial charge in [0, 0.05) is 42.4 Å². The van der Waals surface area contributed by atoms with Crippen molar-refractivity contribution < 1.29 is 13.5 Å². The average Bonchev–Trinajstić information content (AvgIpc) is 3.35. The van der Waals surface area contributed by atoms with E-state index in [0.29, 0.717) is 55.1 Å². The van der Waals surface area contributed by atoms with E-state index in [4.69, 9.17) is 14.7 Å². The van der Waals surface area contributed by atoms with Crippen LogP contribution < -0.4 is 15.5 Å². The lowest BCUT2D eigenvalue weighted by Crippen LogP contribution is -2.40. The minimum Gasteiger partial charge on any atom is -0.382 e. The zero-order valence-electron chi connectivity index (χ0n) is 20.5. The molecule has 4 heterocycles. The van der Waals surface area contributed by atoms with E-state index in [1.807, 2.05) is 12.1 Å². The lowest BCUT2D eigenvalue weighted by Gasteiger charge is -2.33. The van der Waals surface area contributed by atoms with Crippen molar-refractivity contribution in [3.63, 3.8) is 0 Å². The Balaban J connectivity index is 1.32. The predicted molar refractivity (Wildman–Crippen MR) is 144 cm³/mol. The van der Waals surface area contributed by atoms with E-state index in [0.717, 1.165) is 29.5 Å². The number of imidazole rings is 1. The molecule has 4 aromatic rings. The highest BCUT2D eigenvalue weighted by Gasteiger charge is 2.28. The molecule has 2 aromatic carbocycles. The van der Waals surface area contributed by atoms with E-state index in [-0.39, 0.29) is 5.95 Å². The molecule has 2 aromatic heterocycles. The van der Waals surface area contributed by atoms with Crippen LogP contribution in [0.25, 0.3) is 17.0 Å². The molecule has 0 saturated carbocycles. The molecule has 1 unspecified atom stereocenters. The van der Waals surface area contributed by atoms with Crippen molar-refractivity contribution in [2.45, 2.75) is 31.4 Å². The maximum absolute atomic E-state index is 14.1. The Labute approximate surface area is 226 Å². The number of para-hydroxylation sites is 2. The summed E-state index contributed by atoms with van der Waals surface area (Å²) in [5.74, 6) is 0.609. The number of halogens is 3. The minimum atomic E-state index is -2.79. The largest absolute Gasteiger partial charge is 0.382 e. The molecule has 9 nitrogen and oxygen atoms in total. The van der Waals surface area contributed by atoms with E-state index in [9.17, 15) is 8.78 Å². The molecule has 0 aliphatic carbocycles. The van der Waals surface area contributed by atoms with Crippen molar-refractivity contribution in [2.75, 3.05) is 43.0 Å². The van der Waals surface area contributed by atoms with Crippen LogP contribution in [0.5, 0.6) is 0 Å². The van der Waals surface area contributed by atoms with Gasteiger partial charge in [-0.3, -0.25) is 4.57 Å².